The van der Waals surface area contributed by atoms with Crippen molar-refractivity contribution >= 4 is 0 Å². The minimum atomic E-state index is 0.626. The van der Waals surface area contributed by atoms with Gasteiger partial charge in [0, 0.05) is 6.04 Å². The van der Waals surface area contributed by atoms with Gasteiger partial charge in [-0.3, -0.25) is 0 Å². The maximum absolute atomic E-state index is 5.25. The summed E-state index contributed by atoms with van der Waals surface area (Å²) < 4.78 is 5.25. The van der Waals surface area contributed by atoms with E-state index in [1.807, 2.05) is 0 Å². The molecule has 1 unspecified atom stereocenters. The number of likely N-dealkylation sites (N-methyl/N-ethyl adjacent to an activating group) is 1. The van der Waals surface area contributed by atoms with Crippen LogP contribution in [0, 0.1) is 5.92 Å². The zero-order valence-corrected chi connectivity index (χ0v) is 13.7. The highest BCUT2D eigenvalue weighted by atomic mass is 16.5. The minimum Gasteiger partial charge on any atom is -0.497 e. The SMILES string of the molecule is CCNC(Cc1ccc(OC)cc1)C1CCCCCCC1. The van der Waals surface area contributed by atoms with Gasteiger partial charge in [-0.15, -0.1) is 0 Å². The van der Waals surface area contributed by atoms with E-state index in [2.05, 4.69) is 36.5 Å². The second-order valence-corrected chi connectivity index (χ2v) is 6.32. The van der Waals surface area contributed by atoms with Gasteiger partial charge in [0.05, 0.1) is 7.11 Å². The van der Waals surface area contributed by atoms with Gasteiger partial charge in [0.2, 0.25) is 0 Å². The number of benzene rings is 1. The molecule has 0 radical (unpaired) electrons. The van der Waals surface area contributed by atoms with Crippen LogP contribution in [0.4, 0.5) is 0 Å². The first-order valence-electron chi connectivity index (χ1n) is 8.69. The highest BCUT2D eigenvalue weighted by molar-refractivity contribution is 5.27. The van der Waals surface area contributed by atoms with Crippen molar-refractivity contribution in [3.05, 3.63) is 29.8 Å². The van der Waals surface area contributed by atoms with Crippen LogP contribution in [0.15, 0.2) is 24.3 Å². The van der Waals surface area contributed by atoms with Gasteiger partial charge >= 0.3 is 0 Å². The maximum Gasteiger partial charge on any atom is 0.118 e. The molecule has 1 aliphatic carbocycles. The molecule has 2 rings (SSSR count). The topological polar surface area (TPSA) is 21.3 Å². The van der Waals surface area contributed by atoms with Crippen molar-refractivity contribution in [3.8, 4) is 5.75 Å². The lowest BCUT2D eigenvalue weighted by Crippen LogP contribution is -2.38. The molecule has 1 atom stereocenters. The Labute approximate surface area is 130 Å². The maximum atomic E-state index is 5.25. The molecule has 0 aromatic heterocycles. The van der Waals surface area contributed by atoms with Crippen LogP contribution in [0.25, 0.3) is 0 Å². The van der Waals surface area contributed by atoms with E-state index >= 15 is 0 Å². The Bertz CT molecular complexity index is 379. The third-order valence-electron chi connectivity index (χ3n) is 4.80. The van der Waals surface area contributed by atoms with Crippen LogP contribution >= 0.6 is 0 Å². The van der Waals surface area contributed by atoms with E-state index in [0.29, 0.717) is 6.04 Å². The lowest BCUT2D eigenvalue weighted by atomic mass is 9.83. The van der Waals surface area contributed by atoms with Crippen LogP contribution in [0.2, 0.25) is 0 Å². The molecule has 0 aliphatic heterocycles. The molecule has 0 saturated heterocycles. The summed E-state index contributed by atoms with van der Waals surface area (Å²) in [7, 11) is 1.73. The molecular formula is C19H31NO. The predicted octanol–water partition coefficient (Wildman–Crippen LogP) is 4.58. The minimum absolute atomic E-state index is 0.626. The fourth-order valence-electron chi connectivity index (χ4n) is 3.57. The number of ether oxygens (including phenoxy) is 1. The Balaban J connectivity index is 1.98. The van der Waals surface area contributed by atoms with Gasteiger partial charge in [-0.2, -0.15) is 0 Å². The lowest BCUT2D eigenvalue weighted by molar-refractivity contribution is 0.286. The number of hydrogen-bond donors (Lipinski definition) is 1. The number of nitrogens with one attached hydrogen (secondary N) is 1. The molecule has 21 heavy (non-hydrogen) atoms. The fraction of sp³-hybridized carbons (Fsp3) is 0.684. The molecule has 2 nitrogen and oxygen atoms in total. The van der Waals surface area contributed by atoms with E-state index in [9.17, 15) is 0 Å². The van der Waals surface area contributed by atoms with Crippen LogP contribution < -0.4 is 10.1 Å². The average Bonchev–Trinajstić information content (AvgIpc) is 2.47. The van der Waals surface area contributed by atoms with Crippen LogP contribution in [-0.2, 0) is 6.42 Å². The number of hydrogen-bond acceptors (Lipinski definition) is 2. The summed E-state index contributed by atoms with van der Waals surface area (Å²) >= 11 is 0. The lowest BCUT2D eigenvalue weighted by Gasteiger charge is -2.29. The molecule has 1 aromatic carbocycles. The smallest absolute Gasteiger partial charge is 0.118 e. The predicted molar refractivity (Wildman–Crippen MR) is 90.0 cm³/mol. The Morgan fingerprint density at radius 1 is 1.05 bits per heavy atom. The molecule has 1 saturated carbocycles. The Kier molecular flexibility index (Phi) is 7.08. The van der Waals surface area contributed by atoms with Crippen molar-refractivity contribution in [1.82, 2.24) is 5.32 Å². The number of methoxy groups -OCH3 is 1. The van der Waals surface area contributed by atoms with E-state index in [1.165, 1.54) is 50.5 Å². The molecule has 0 spiro atoms. The van der Waals surface area contributed by atoms with Gasteiger partial charge in [0.1, 0.15) is 5.75 Å². The van der Waals surface area contributed by atoms with Gasteiger partial charge < -0.3 is 10.1 Å². The summed E-state index contributed by atoms with van der Waals surface area (Å²) in [6.45, 7) is 3.29. The highest BCUT2D eigenvalue weighted by Crippen LogP contribution is 2.27. The molecule has 0 bridgehead atoms. The first-order valence-corrected chi connectivity index (χ1v) is 8.69. The normalized spacial score (nSPS) is 18.8. The second-order valence-electron chi connectivity index (χ2n) is 6.32. The molecule has 118 valence electrons. The van der Waals surface area contributed by atoms with Gasteiger partial charge in [0.25, 0.3) is 0 Å². The van der Waals surface area contributed by atoms with Gasteiger partial charge in [-0.1, -0.05) is 51.2 Å². The van der Waals surface area contributed by atoms with E-state index in [1.54, 1.807) is 7.11 Å². The second kappa shape index (κ2) is 9.09. The Morgan fingerprint density at radius 2 is 1.67 bits per heavy atom. The summed E-state index contributed by atoms with van der Waals surface area (Å²) in [6, 6.07) is 9.21. The van der Waals surface area contributed by atoms with Crippen molar-refractivity contribution in [2.75, 3.05) is 13.7 Å². The van der Waals surface area contributed by atoms with Gasteiger partial charge in [0.15, 0.2) is 0 Å². The molecular weight excluding hydrogens is 258 g/mol. The summed E-state index contributed by atoms with van der Waals surface area (Å²) in [6.07, 6.45) is 11.1. The first-order chi connectivity index (χ1) is 10.3. The quantitative estimate of drug-likeness (QED) is 0.828. The molecule has 0 amide bonds. The zero-order valence-electron chi connectivity index (χ0n) is 13.7. The summed E-state index contributed by atoms with van der Waals surface area (Å²) in [5, 5.41) is 3.75. The van der Waals surface area contributed by atoms with E-state index < -0.39 is 0 Å². The standard InChI is InChI=1S/C19H31NO/c1-3-20-19(17-9-7-5-4-6-8-10-17)15-16-11-13-18(21-2)14-12-16/h11-14,17,19-20H,3-10,15H2,1-2H3. The van der Waals surface area contributed by atoms with Crippen LogP contribution in [0.3, 0.4) is 0 Å². The third-order valence-corrected chi connectivity index (χ3v) is 4.80. The number of rotatable bonds is 6. The van der Waals surface area contributed by atoms with Gasteiger partial charge in [-0.05, 0) is 49.4 Å². The molecule has 1 aliphatic rings. The zero-order chi connectivity index (χ0) is 14.9. The first kappa shape index (κ1) is 16.4. The fourth-order valence-corrected chi connectivity index (χ4v) is 3.57. The van der Waals surface area contributed by atoms with Gasteiger partial charge in [-0.25, -0.2) is 0 Å². The average molecular weight is 289 g/mol. The van der Waals surface area contributed by atoms with Crippen molar-refractivity contribution in [2.24, 2.45) is 5.92 Å². The van der Waals surface area contributed by atoms with Crippen LogP contribution in [0.5, 0.6) is 5.75 Å². The summed E-state index contributed by atoms with van der Waals surface area (Å²) in [4.78, 5) is 0. The highest BCUT2D eigenvalue weighted by Gasteiger charge is 2.21. The van der Waals surface area contributed by atoms with E-state index in [-0.39, 0.29) is 0 Å². The van der Waals surface area contributed by atoms with E-state index in [0.717, 1.165) is 24.6 Å². The van der Waals surface area contributed by atoms with Crippen LogP contribution in [-0.4, -0.2) is 19.7 Å². The molecule has 2 heteroatoms. The molecule has 1 fully saturated rings. The van der Waals surface area contributed by atoms with Crippen molar-refractivity contribution in [1.29, 1.82) is 0 Å². The molecule has 1 N–H and O–H groups in total. The van der Waals surface area contributed by atoms with Crippen molar-refractivity contribution in [2.45, 2.75) is 64.3 Å². The summed E-state index contributed by atoms with van der Waals surface area (Å²) in [5.74, 6) is 1.79. The van der Waals surface area contributed by atoms with E-state index in [4.69, 9.17) is 4.74 Å². The Morgan fingerprint density at radius 3 is 2.24 bits per heavy atom. The van der Waals surface area contributed by atoms with Crippen molar-refractivity contribution < 1.29 is 4.74 Å². The Hall–Kier alpha value is -1.02. The third kappa shape index (κ3) is 5.35. The molecule has 0 heterocycles. The van der Waals surface area contributed by atoms with Crippen LogP contribution in [0.1, 0.15) is 57.4 Å². The largest absolute Gasteiger partial charge is 0.497 e. The monoisotopic (exact) mass is 289 g/mol. The molecule has 1 aromatic rings. The summed E-state index contributed by atoms with van der Waals surface area (Å²) in [5.41, 5.74) is 1.42. The van der Waals surface area contributed by atoms with Crippen molar-refractivity contribution in [3.63, 3.8) is 0 Å².